The summed E-state index contributed by atoms with van der Waals surface area (Å²) in [7, 11) is 0. The number of hydrogen-bond acceptors (Lipinski definition) is 4. The molecule has 0 aliphatic heterocycles. The molecule has 0 amide bonds. The van der Waals surface area contributed by atoms with Gasteiger partial charge in [0.2, 0.25) is 0 Å². The third-order valence-corrected chi connectivity index (χ3v) is 21.8. The highest BCUT2D eigenvalue weighted by atomic mass is 15.2. The van der Waals surface area contributed by atoms with E-state index >= 15 is 0 Å². The Morgan fingerprint density at radius 1 is 0.139 bits per heavy atom. The summed E-state index contributed by atoms with van der Waals surface area (Å²) in [6.45, 7) is 9.17. The summed E-state index contributed by atoms with van der Waals surface area (Å²) in [6, 6.07) is 113. The molecule has 0 saturated carbocycles. The number of nitrogens with zero attached hydrogens (tertiary/aromatic N) is 4. The standard InChI is InChI=1S/C104H118N4/c1-5-9-13-17-21-27-35-83-43-63-95(64-44-83)107(96-65-45-84(46-66-96)36-28-22-18-14-10-6-2)103-79-59-91(60-80-103)89-55-75-101(76-56-89)105(93-39-31-25-32-40-93)99-71-51-87(52-72-99)88-53-73-100(74-54-88)106(94-41-33-26-34-42-94)102-77-57-90(58-78-102)92-61-81-104(82-62-92)108(97-67-47-85(48-68-97)37-29-23-19-15-11-7-3)98-69-49-86(50-70-98)38-30-24-20-16-12-8-4/h25-26,31-34,39-82H,5-24,27-30,35-38H2,1-4H3. The summed E-state index contributed by atoms with van der Waals surface area (Å²) in [4.78, 5) is 9.56. The van der Waals surface area contributed by atoms with Gasteiger partial charge in [-0.1, -0.05) is 314 Å². The fourth-order valence-corrected chi connectivity index (χ4v) is 15.4. The normalized spacial score (nSPS) is 11.3. The summed E-state index contributed by atoms with van der Waals surface area (Å²) in [5.74, 6) is 0. The molecule has 0 aliphatic rings. The average Bonchev–Trinajstić information content (AvgIpc) is 0.842. The van der Waals surface area contributed by atoms with E-state index in [-0.39, 0.29) is 0 Å². The van der Waals surface area contributed by atoms with Gasteiger partial charge in [0.05, 0.1) is 0 Å². The van der Waals surface area contributed by atoms with Crippen LogP contribution in [0.1, 0.15) is 204 Å². The van der Waals surface area contributed by atoms with Gasteiger partial charge in [-0.3, -0.25) is 0 Å². The second-order valence-corrected chi connectivity index (χ2v) is 30.0. The number of para-hydroxylation sites is 2. The first kappa shape index (κ1) is 77.5. The summed E-state index contributed by atoms with van der Waals surface area (Å²) >= 11 is 0. The van der Waals surface area contributed by atoms with E-state index in [2.05, 4.69) is 351 Å². The van der Waals surface area contributed by atoms with Crippen LogP contribution in [0.25, 0.3) is 33.4 Å². The van der Waals surface area contributed by atoms with E-state index in [4.69, 9.17) is 0 Å². The van der Waals surface area contributed by atoms with Crippen molar-refractivity contribution in [2.75, 3.05) is 19.6 Å². The van der Waals surface area contributed by atoms with Crippen LogP contribution in [-0.2, 0) is 25.7 Å². The fraction of sp³-hybridized carbons (Fsp3) is 0.308. The fourth-order valence-electron chi connectivity index (χ4n) is 15.4. The number of anilines is 12. The Morgan fingerprint density at radius 3 is 0.444 bits per heavy atom. The van der Waals surface area contributed by atoms with Gasteiger partial charge in [0, 0.05) is 68.2 Å². The zero-order chi connectivity index (χ0) is 74.2. The van der Waals surface area contributed by atoms with Crippen molar-refractivity contribution in [2.45, 2.75) is 207 Å². The van der Waals surface area contributed by atoms with Gasteiger partial charge in [-0.2, -0.15) is 0 Å². The zero-order valence-electron chi connectivity index (χ0n) is 65.5. The van der Waals surface area contributed by atoms with E-state index in [0.29, 0.717) is 0 Å². The van der Waals surface area contributed by atoms with Crippen LogP contribution in [0.4, 0.5) is 68.2 Å². The molecule has 0 aliphatic carbocycles. The number of benzene rings is 12. The largest absolute Gasteiger partial charge is 0.311 e. The zero-order valence-corrected chi connectivity index (χ0v) is 65.5. The molecule has 0 aromatic heterocycles. The van der Waals surface area contributed by atoms with E-state index in [9.17, 15) is 0 Å². The van der Waals surface area contributed by atoms with Gasteiger partial charge in [0.25, 0.3) is 0 Å². The topological polar surface area (TPSA) is 13.0 Å². The highest BCUT2D eigenvalue weighted by Gasteiger charge is 2.20. The molecule has 4 nitrogen and oxygen atoms in total. The predicted molar refractivity (Wildman–Crippen MR) is 470 cm³/mol. The average molecular weight is 1420 g/mol. The molecular formula is C104H118N4. The van der Waals surface area contributed by atoms with Gasteiger partial charge in [0.1, 0.15) is 0 Å². The van der Waals surface area contributed by atoms with Crippen LogP contribution < -0.4 is 19.6 Å². The smallest absolute Gasteiger partial charge is 0.0462 e. The van der Waals surface area contributed by atoms with Crippen LogP contribution in [0.3, 0.4) is 0 Å². The predicted octanol–water partition coefficient (Wildman–Crippen LogP) is 32.2. The maximum absolute atomic E-state index is 2.42. The lowest BCUT2D eigenvalue weighted by Crippen LogP contribution is -2.10. The first-order valence-electron chi connectivity index (χ1n) is 41.7. The first-order valence-corrected chi connectivity index (χ1v) is 41.7. The molecule has 0 unspecified atom stereocenters. The van der Waals surface area contributed by atoms with E-state index in [1.54, 1.807) is 0 Å². The van der Waals surface area contributed by atoms with Gasteiger partial charge >= 0.3 is 0 Å². The highest BCUT2D eigenvalue weighted by molar-refractivity contribution is 5.85. The molecule has 554 valence electrons. The quantitative estimate of drug-likeness (QED) is 0.0353. The van der Waals surface area contributed by atoms with Gasteiger partial charge in [-0.05, 0) is 253 Å². The SMILES string of the molecule is CCCCCCCCc1ccc(N(c2ccc(CCCCCCCC)cc2)c2ccc(-c3ccc(N(c4ccccc4)c4ccc(-c5ccc(N(c6ccccc6)c6ccc(-c7ccc(N(c8ccc(CCCCCCCC)cc8)c8ccc(CCCCCCCC)cc8)cc7)cc6)cc5)cc4)cc3)cc2)cc1. The third kappa shape index (κ3) is 22.0. The molecular weight excluding hydrogens is 1310 g/mol. The molecule has 0 atom stereocenters. The number of rotatable bonds is 43. The highest BCUT2D eigenvalue weighted by Crippen LogP contribution is 2.43. The summed E-state index contributed by atoms with van der Waals surface area (Å²) in [5, 5.41) is 0. The number of aryl methyl sites for hydroxylation is 4. The lowest BCUT2D eigenvalue weighted by molar-refractivity contribution is 0.607. The molecule has 12 rings (SSSR count). The maximum atomic E-state index is 2.42. The minimum Gasteiger partial charge on any atom is -0.311 e. The summed E-state index contributed by atoms with van der Waals surface area (Å²) in [5.41, 5.74) is 26.4. The van der Waals surface area contributed by atoms with E-state index in [0.717, 1.165) is 82.3 Å². The number of hydrogen-bond donors (Lipinski definition) is 0. The monoisotopic (exact) mass is 1420 g/mol. The molecule has 0 heterocycles. The van der Waals surface area contributed by atoms with Crippen LogP contribution in [0.15, 0.2) is 303 Å². The molecule has 12 aromatic rings. The molecule has 0 fully saturated rings. The molecule has 0 bridgehead atoms. The van der Waals surface area contributed by atoms with Crippen LogP contribution in [0.5, 0.6) is 0 Å². The number of unbranched alkanes of at least 4 members (excludes halogenated alkanes) is 20. The Hall–Kier alpha value is -10.2. The lowest BCUT2D eigenvalue weighted by atomic mass is 10.0. The third-order valence-electron chi connectivity index (χ3n) is 21.8. The molecule has 0 N–H and O–H groups in total. The van der Waals surface area contributed by atoms with Crippen molar-refractivity contribution in [3.05, 3.63) is 326 Å². The second kappa shape index (κ2) is 41.8. The van der Waals surface area contributed by atoms with Gasteiger partial charge < -0.3 is 19.6 Å². The maximum Gasteiger partial charge on any atom is 0.0462 e. The van der Waals surface area contributed by atoms with Crippen molar-refractivity contribution >= 4 is 68.2 Å². The Labute approximate surface area is 650 Å². The molecule has 0 spiro atoms. The second-order valence-electron chi connectivity index (χ2n) is 30.0. The molecule has 0 radical (unpaired) electrons. The minimum atomic E-state index is 1.10. The Morgan fingerprint density at radius 2 is 0.278 bits per heavy atom. The molecule has 12 aromatic carbocycles. The Balaban J connectivity index is 0.729. The van der Waals surface area contributed by atoms with E-state index < -0.39 is 0 Å². The van der Waals surface area contributed by atoms with E-state index in [1.807, 2.05) is 0 Å². The molecule has 0 saturated heterocycles. The van der Waals surface area contributed by atoms with Gasteiger partial charge in [-0.15, -0.1) is 0 Å². The van der Waals surface area contributed by atoms with Crippen LogP contribution >= 0.6 is 0 Å². The first-order chi connectivity index (χ1) is 53.4. The Bertz CT molecular complexity index is 4060. The lowest BCUT2D eigenvalue weighted by Gasteiger charge is -2.27. The summed E-state index contributed by atoms with van der Waals surface area (Å²) < 4.78 is 0. The molecule has 4 heteroatoms. The van der Waals surface area contributed by atoms with Crippen molar-refractivity contribution in [1.82, 2.24) is 0 Å². The van der Waals surface area contributed by atoms with Crippen LogP contribution in [0, 0.1) is 0 Å². The van der Waals surface area contributed by atoms with Gasteiger partial charge in [0.15, 0.2) is 0 Å². The van der Waals surface area contributed by atoms with E-state index in [1.165, 1.54) is 221 Å². The van der Waals surface area contributed by atoms with Crippen molar-refractivity contribution in [1.29, 1.82) is 0 Å². The van der Waals surface area contributed by atoms with Crippen LogP contribution in [-0.4, -0.2) is 0 Å². The van der Waals surface area contributed by atoms with Gasteiger partial charge in [-0.25, -0.2) is 0 Å². The van der Waals surface area contributed by atoms with Crippen molar-refractivity contribution in [3.8, 4) is 33.4 Å². The Kier molecular flexibility index (Phi) is 30.0. The van der Waals surface area contributed by atoms with Crippen molar-refractivity contribution in [3.63, 3.8) is 0 Å². The van der Waals surface area contributed by atoms with Crippen molar-refractivity contribution in [2.24, 2.45) is 0 Å². The van der Waals surface area contributed by atoms with Crippen molar-refractivity contribution < 1.29 is 0 Å². The summed E-state index contributed by atoms with van der Waals surface area (Å²) in [6.07, 6.45) is 36.1. The molecule has 108 heavy (non-hydrogen) atoms. The van der Waals surface area contributed by atoms with Crippen LogP contribution in [0.2, 0.25) is 0 Å². The minimum absolute atomic E-state index is 1.10.